The molecular weight excluding hydrogens is 637 g/mol. The largest absolute Gasteiger partial charge is 0.320 e. The van der Waals surface area contributed by atoms with Gasteiger partial charge < -0.3 is 9.13 Å². The van der Waals surface area contributed by atoms with Crippen molar-refractivity contribution in [1.29, 1.82) is 5.26 Å². The minimum absolute atomic E-state index is 0.506. The van der Waals surface area contributed by atoms with E-state index < -0.39 is 0 Å². The molecule has 0 aliphatic heterocycles. The zero-order valence-corrected chi connectivity index (χ0v) is 27.5. The number of nitriles is 1. The molecule has 9 aromatic rings. The smallest absolute Gasteiger partial charge is 0.211 e. The molecule has 0 amide bonds. The number of rotatable bonds is 4. The van der Waals surface area contributed by atoms with E-state index in [2.05, 4.69) is 60.1 Å². The first-order chi connectivity index (χ1) is 25.6. The van der Waals surface area contributed by atoms with E-state index in [9.17, 15) is 5.26 Å². The number of hydrogen-bond acceptors (Lipinski definition) is 1. The van der Waals surface area contributed by atoms with Crippen LogP contribution < -0.4 is 0 Å². The van der Waals surface area contributed by atoms with Crippen LogP contribution in [-0.4, -0.2) is 9.13 Å². The fourth-order valence-corrected chi connectivity index (χ4v) is 7.50. The highest BCUT2D eigenvalue weighted by Crippen LogP contribution is 2.42. The molecular formula is C46H24N6. The van der Waals surface area contributed by atoms with Crippen LogP contribution in [0.5, 0.6) is 0 Å². The molecule has 0 radical (unpaired) electrons. The summed E-state index contributed by atoms with van der Waals surface area (Å²) >= 11 is 0. The lowest BCUT2D eigenvalue weighted by atomic mass is 9.95. The second kappa shape index (κ2) is 11.9. The van der Waals surface area contributed by atoms with E-state index in [-0.39, 0.29) is 0 Å². The van der Waals surface area contributed by atoms with Gasteiger partial charge in [-0.15, -0.1) is 0 Å². The third kappa shape index (κ3) is 4.54. The quantitative estimate of drug-likeness (QED) is 0.173. The van der Waals surface area contributed by atoms with Crippen LogP contribution in [0.3, 0.4) is 0 Å². The zero-order chi connectivity index (χ0) is 35.3. The number of nitrogens with zero attached hydrogens (tertiary/aromatic N) is 6. The standard InChI is InChI=1S/C46H24N6/c1-48-32-21-24-44-40(25-32)37-10-5-6-13-42(37)51(44)34-22-19-31(28-47)39(27-34)30-17-15-29(16-18-30)35-11-8-12-41(50-3)46(35)52-43-14-7-4-9-36(43)38-23-20-33(49-2)26-45(38)52/h4-27H. The molecule has 2 heterocycles. The molecule has 9 rings (SSSR count). The maximum absolute atomic E-state index is 10.2. The zero-order valence-electron chi connectivity index (χ0n) is 27.5. The first kappa shape index (κ1) is 30.2. The molecule has 0 unspecified atom stereocenters. The van der Waals surface area contributed by atoms with Gasteiger partial charge in [-0.1, -0.05) is 97.1 Å². The van der Waals surface area contributed by atoms with Crippen molar-refractivity contribution in [3.05, 3.63) is 185 Å². The van der Waals surface area contributed by atoms with Crippen molar-refractivity contribution in [2.75, 3.05) is 0 Å². The SMILES string of the molecule is [C-]#[N+]c1ccc2c(c1)c1ccccc1n2-c1ccc(C#N)c(-c2ccc(-c3cccc([N+]#[C-])c3-n3c4ccccc4c4ccc([N+]#[C-])cc43)cc2)c1. The van der Waals surface area contributed by atoms with E-state index in [1.165, 1.54) is 0 Å². The van der Waals surface area contributed by atoms with E-state index in [1.807, 2.05) is 115 Å². The summed E-state index contributed by atoms with van der Waals surface area (Å²) in [4.78, 5) is 11.3. The summed E-state index contributed by atoms with van der Waals surface area (Å²) in [6.07, 6.45) is 0. The molecule has 6 nitrogen and oxygen atoms in total. The Hall–Kier alpha value is -7.90. The summed E-state index contributed by atoms with van der Waals surface area (Å²) < 4.78 is 4.30. The van der Waals surface area contributed by atoms with Crippen molar-refractivity contribution < 1.29 is 0 Å². The Labute approximate surface area is 299 Å². The highest BCUT2D eigenvalue weighted by atomic mass is 15.0. The molecule has 0 aliphatic carbocycles. The van der Waals surface area contributed by atoms with Gasteiger partial charge >= 0.3 is 0 Å². The van der Waals surface area contributed by atoms with Crippen molar-refractivity contribution in [2.24, 2.45) is 0 Å². The molecule has 0 bridgehead atoms. The van der Waals surface area contributed by atoms with E-state index in [0.717, 1.165) is 77.2 Å². The summed E-state index contributed by atoms with van der Waals surface area (Å²) in [7, 11) is 0. The van der Waals surface area contributed by atoms with Gasteiger partial charge in [0.15, 0.2) is 11.4 Å². The van der Waals surface area contributed by atoms with Gasteiger partial charge in [-0.05, 0) is 70.6 Å². The fourth-order valence-electron chi connectivity index (χ4n) is 7.50. The maximum Gasteiger partial charge on any atom is 0.211 e. The van der Waals surface area contributed by atoms with E-state index >= 15 is 0 Å². The number of benzene rings is 7. The lowest BCUT2D eigenvalue weighted by Crippen LogP contribution is -1.98. The average Bonchev–Trinajstić information content (AvgIpc) is 3.72. The fraction of sp³-hybridized carbons (Fsp3) is 0. The van der Waals surface area contributed by atoms with Crippen molar-refractivity contribution >= 4 is 60.7 Å². The molecule has 7 aromatic carbocycles. The Bertz CT molecular complexity index is 3110. The Balaban J connectivity index is 1.21. The van der Waals surface area contributed by atoms with Crippen LogP contribution in [-0.2, 0) is 0 Å². The predicted octanol–water partition coefficient (Wildman–Crippen LogP) is 12.7. The Morgan fingerprint density at radius 1 is 0.462 bits per heavy atom. The van der Waals surface area contributed by atoms with Crippen molar-refractivity contribution in [3.8, 4) is 39.7 Å². The van der Waals surface area contributed by atoms with Gasteiger partial charge in [0.25, 0.3) is 0 Å². The van der Waals surface area contributed by atoms with Gasteiger partial charge in [-0.3, -0.25) is 0 Å². The lowest BCUT2D eigenvalue weighted by molar-refractivity contribution is 1.18. The van der Waals surface area contributed by atoms with Gasteiger partial charge in [0.1, 0.15) is 0 Å². The first-order valence-electron chi connectivity index (χ1n) is 16.6. The predicted molar refractivity (Wildman–Crippen MR) is 209 cm³/mol. The van der Waals surface area contributed by atoms with Gasteiger partial charge in [-0.2, -0.15) is 5.26 Å². The average molecular weight is 661 g/mol. The number of para-hydroxylation sites is 3. The van der Waals surface area contributed by atoms with Crippen LogP contribution in [0.4, 0.5) is 17.1 Å². The van der Waals surface area contributed by atoms with Crippen LogP contribution in [0.25, 0.3) is 91.8 Å². The van der Waals surface area contributed by atoms with Crippen molar-refractivity contribution in [2.45, 2.75) is 0 Å². The first-order valence-corrected chi connectivity index (χ1v) is 16.6. The lowest BCUT2D eigenvalue weighted by Gasteiger charge is -2.17. The highest BCUT2D eigenvalue weighted by molar-refractivity contribution is 6.12. The molecule has 238 valence electrons. The number of hydrogen-bond donors (Lipinski definition) is 0. The van der Waals surface area contributed by atoms with Gasteiger partial charge in [-0.25, -0.2) is 14.5 Å². The Kier molecular flexibility index (Phi) is 6.91. The van der Waals surface area contributed by atoms with E-state index in [1.54, 1.807) is 0 Å². The van der Waals surface area contributed by atoms with Gasteiger partial charge in [0.2, 0.25) is 5.69 Å². The molecule has 2 aromatic heterocycles. The summed E-state index contributed by atoms with van der Waals surface area (Å²) in [5.74, 6) is 0. The van der Waals surface area contributed by atoms with E-state index in [4.69, 9.17) is 19.7 Å². The molecule has 0 saturated carbocycles. The molecule has 0 N–H and O–H groups in total. The summed E-state index contributed by atoms with van der Waals surface area (Å²) in [5.41, 5.74) is 11.2. The van der Waals surface area contributed by atoms with Crippen LogP contribution >= 0.6 is 0 Å². The molecule has 52 heavy (non-hydrogen) atoms. The van der Waals surface area contributed by atoms with Crippen molar-refractivity contribution in [3.63, 3.8) is 0 Å². The van der Waals surface area contributed by atoms with E-state index in [0.29, 0.717) is 22.6 Å². The van der Waals surface area contributed by atoms with Crippen LogP contribution in [0.15, 0.2) is 146 Å². The molecule has 0 fully saturated rings. The minimum atomic E-state index is 0.506. The minimum Gasteiger partial charge on any atom is -0.320 e. The number of fused-ring (bicyclic) bond motifs is 6. The molecule has 0 spiro atoms. The summed E-state index contributed by atoms with van der Waals surface area (Å²) in [5, 5.41) is 14.3. The maximum atomic E-state index is 10.2. The van der Waals surface area contributed by atoms with Gasteiger partial charge in [0.05, 0.1) is 53.6 Å². The Morgan fingerprint density at radius 3 is 1.79 bits per heavy atom. The summed E-state index contributed by atoms with van der Waals surface area (Å²) in [6.45, 7) is 23.4. The third-order valence-corrected chi connectivity index (χ3v) is 9.82. The Morgan fingerprint density at radius 2 is 1.08 bits per heavy atom. The second-order valence-corrected chi connectivity index (χ2v) is 12.5. The molecule has 0 aliphatic rings. The van der Waals surface area contributed by atoms with Crippen LogP contribution in [0, 0.1) is 31.0 Å². The third-order valence-electron chi connectivity index (χ3n) is 9.82. The molecule has 0 atom stereocenters. The van der Waals surface area contributed by atoms with Gasteiger partial charge in [0, 0.05) is 32.9 Å². The van der Waals surface area contributed by atoms with Crippen LogP contribution in [0.2, 0.25) is 0 Å². The summed E-state index contributed by atoms with van der Waals surface area (Å²) in [6, 6.07) is 50.0. The number of aromatic nitrogens is 2. The normalized spacial score (nSPS) is 11.0. The van der Waals surface area contributed by atoms with Crippen molar-refractivity contribution in [1.82, 2.24) is 9.13 Å². The topological polar surface area (TPSA) is 46.7 Å². The second-order valence-electron chi connectivity index (χ2n) is 12.5. The molecule has 6 heteroatoms. The highest BCUT2D eigenvalue weighted by Gasteiger charge is 2.20. The van der Waals surface area contributed by atoms with Crippen LogP contribution in [0.1, 0.15) is 5.56 Å². The monoisotopic (exact) mass is 660 g/mol. The molecule has 0 saturated heterocycles.